The number of nitrogens with two attached hydrogens (primary N) is 1. The van der Waals surface area contributed by atoms with E-state index in [1.807, 2.05) is 4.57 Å². The fourth-order valence-corrected chi connectivity index (χ4v) is 1.99. The molecule has 1 aliphatic rings. The molecule has 1 fully saturated rings. The van der Waals surface area contributed by atoms with Crippen LogP contribution < -0.4 is 11.1 Å². The summed E-state index contributed by atoms with van der Waals surface area (Å²) in [5.41, 5.74) is 5.88. The number of carbonyl (C=O) groups is 1. The van der Waals surface area contributed by atoms with Crippen LogP contribution in [0.15, 0.2) is 12.5 Å². The van der Waals surface area contributed by atoms with Crippen molar-refractivity contribution in [3.05, 3.63) is 18.2 Å². The lowest BCUT2D eigenvalue weighted by Gasteiger charge is -2.26. The molecule has 0 saturated carbocycles. The molecule has 1 aliphatic heterocycles. The monoisotopic (exact) mass is 267 g/mol. The van der Waals surface area contributed by atoms with Gasteiger partial charge in [0.1, 0.15) is 5.69 Å². The number of morpholine rings is 1. The molecule has 2 rings (SSSR count). The minimum absolute atomic E-state index is 0.135. The van der Waals surface area contributed by atoms with E-state index < -0.39 is 0 Å². The Morgan fingerprint density at radius 1 is 1.42 bits per heavy atom. The van der Waals surface area contributed by atoms with Crippen LogP contribution in [0.2, 0.25) is 0 Å². The summed E-state index contributed by atoms with van der Waals surface area (Å²) in [6, 6.07) is 0. The van der Waals surface area contributed by atoms with Gasteiger partial charge in [-0.3, -0.25) is 9.69 Å². The van der Waals surface area contributed by atoms with Crippen molar-refractivity contribution in [2.75, 3.05) is 45.9 Å². The van der Waals surface area contributed by atoms with E-state index in [0.717, 1.165) is 32.8 Å². The van der Waals surface area contributed by atoms with Gasteiger partial charge < -0.3 is 20.4 Å². The average molecular weight is 267 g/mol. The third-order valence-corrected chi connectivity index (χ3v) is 3.07. The Balaban J connectivity index is 1.70. The van der Waals surface area contributed by atoms with E-state index in [4.69, 9.17) is 10.5 Å². The predicted molar refractivity (Wildman–Crippen MR) is 70.9 cm³/mol. The average Bonchev–Trinajstić information content (AvgIpc) is 2.89. The highest BCUT2D eigenvalue weighted by atomic mass is 16.5. The quantitative estimate of drug-likeness (QED) is 0.683. The molecule has 0 unspecified atom stereocenters. The first-order valence-electron chi connectivity index (χ1n) is 6.60. The van der Waals surface area contributed by atoms with Crippen LogP contribution in [-0.2, 0) is 11.3 Å². The van der Waals surface area contributed by atoms with Crippen LogP contribution in [0.3, 0.4) is 0 Å². The van der Waals surface area contributed by atoms with Crippen molar-refractivity contribution in [3.8, 4) is 0 Å². The molecule has 1 amide bonds. The smallest absolute Gasteiger partial charge is 0.271 e. The highest BCUT2D eigenvalue weighted by Crippen LogP contribution is 1.97. The van der Waals surface area contributed by atoms with E-state index in [9.17, 15) is 4.79 Å². The van der Waals surface area contributed by atoms with E-state index >= 15 is 0 Å². The summed E-state index contributed by atoms with van der Waals surface area (Å²) < 4.78 is 7.09. The standard InChI is InChI=1S/C12H21N5O2/c13-1-3-17-9-11(15-10-17)12(18)14-2-4-16-5-7-19-8-6-16/h9-10H,1-8,13H2,(H,14,18). The minimum Gasteiger partial charge on any atom is -0.379 e. The first kappa shape index (κ1) is 14.0. The Kier molecular flexibility index (Phi) is 5.31. The molecule has 7 heteroatoms. The van der Waals surface area contributed by atoms with Crippen LogP contribution in [0.5, 0.6) is 0 Å². The first-order chi connectivity index (χ1) is 9.29. The van der Waals surface area contributed by atoms with Crippen molar-refractivity contribution in [1.82, 2.24) is 19.8 Å². The predicted octanol–water partition coefficient (Wildman–Crippen LogP) is -1.10. The van der Waals surface area contributed by atoms with Gasteiger partial charge in [0, 0.05) is 45.5 Å². The molecule has 106 valence electrons. The van der Waals surface area contributed by atoms with Crippen LogP contribution >= 0.6 is 0 Å². The van der Waals surface area contributed by atoms with Gasteiger partial charge in [-0.05, 0) is 0 Å². The number of amides is 1. The first-order valence-corrected chi connectivity index (χ1v) is 6.60. The molecule has 0 aliphatic carbocycles. The normalized spacial score (nSPS) is 16.5. The van der Waals surface area contributed by atoms with Crippen LogP contribution in [0, 0.1) is 0 Å². The number of ether oxygens (including phenoxy) is 1. The van der Waals surface area contributed by atoms with Crippen molar-refractivity contribution in [3.63, 3.8) is 0 Å². The number of imidazole rings is 1. The van der Waals surface area contributed by atoms with Gasteiger partial charge in [0.05, 0.1) is 19.5 Å². The van der Waals surface area contributed by atoms with Crippen molar-refractivity contribution < 1.29 is 9.53 Å². The van der Waals surface area contributed by atoms with E-state index in [0.29, 0.717) is 25.3 Å². The van der Waals surface area contributed by atoms with Gasteiger partial charge in [0.15, 0.2) is 0 Å². The molecule has 1 aromatic rings. The van der Waals surface area contributed by atoms with E-state index in [1.165, 1.54) is 0 Å². The minimum atomic E-state index is -0.135. The molecule has 0 radical (unpaired) electrons. The van der Waals surface area contributed by atoms with Crippen LogP contribution in [0.1, 0.15) is 10.5 Å². The van der Waals surface area contributed by atoms with Gasteiger partial charge in [-0.1, -0.05) is 0 Å². The maximum Gasteiger partial charge on any atom is 0.271 e. The summed E-state index contributed by atoms with van der Waals surface area (Å²) in [5, 5.41) is 2.87. The molecule has 1 aromatic heterocycles. The molecular formula is C12H21N5O2. The zero-order valence-electron chi connectivity index (χ0n) is 11.0. The van der Waals surface area contributed by atoms with Crippen LogP contribution in [-0.4, -0.2) is 66.3 Å². The molecule has 3 N–H and O–H groups in total. The van der Waals surface area contributed by atoms with Gasteiger partial charge in [-0.15, -0.1) is 0 Å². The molecule has 0 atom stereocenters. The summed E-state index contributed by atoms with van der Waals surface area (Å²) in [7, 11) is 0. The Bertz CT molecular complexity index is 401. The zero-order valence-corrected chi connectivity index (χ0v) is 11.0. The molecule has 0 bridgehead atoms. The molecule has 19 heavy (non-hydrogen) atoms. The van der Waals surface area contributed by atoms with Gasteiger partial charge in [0.25, 0.3) is 5.91 Å². The second kappa shape index (κ2) is 7.22. The summed E-state index contributed by atoms with van der Waals surface area (Å²) >= 11 is 0. The fraction of sp³-hybridized carbons (Fsp3) is 0.667. The van der Waals surface area contributed by atoms with Crippen LogP contribution in [0.25, 0.3) is 0 Å². The Labute approximate surface area is 112 Å². The summed E-state index contributed by atoms with van der Waals surface area (Å²) in [6.07, 6.45) is 3.35. The van der Waals surface area contributed by atoms with Gasteiger partial charge in [-0.25, -0.2) is 4.98 Å². The van der Waals surface area contributed by atoms with Gasteiger partial charge in [0.2, 0.25) is 0 Å². The molecular weight excluding hydrogens is 246 g/mol. The zero-order chi connectivity index (χ0) is 13.5. The lowest BCUT2D eigenvalue weighted by Crippen LogP contribution is -2.41. The van der Waals surface area contributed by atoms with Crippen molar-refractivity contribution >= 4 is 5.91 Å². The number of rotatable bonds is 6. The van der Waals surface area contributed by atoms with Crippen molar-refractivity contribution in [2.45, 2.75) is 6.54 Å². The topological polar surface area (TPSA) is 85.4 Å². The lowest BCUT2D eigenvalue weighted by molar-refractivity contribution is 0.0383. The molecule has 0 spiro atoms. The lowest BCUT2D eigenvalue weighted by atomic mass is 10.4. The highest BCUT2D eigenvalue weighted by Gasteiger charge is 2.12. The van der Waals surface area contributed by atoms with Crippen LogP contribution in [0.4, 0.5) is 0 Å². The maximum absolute atomic E-state index is 11.8. The fourth-order valence-electron chi connectivity index (χ4n) is 1.99. The maximum atomic E-state index is 11.8. The number of hydrogen-bond acceptors (Lipinski definition) is 5. The molecule has 2 heterocycles. The number of nitrogens with one attached hydrogen (secondary N) is 1. The van der Waals surface area contributed by atoms with E-state index in [2.05, 4.69) is 15.2 Å². The SMILES string of the molecule is NCCn1cnc(C(=O)NCCN2CCOCC2)c1. The third-order valence-electron chi connectivity index (χ3n) is 3.07. The Hall–Kier alpha value is -1.44. The number of aromatic nitrogens is 2. The highest BCUT2D eigenvalue weighted by molar-refractivity contribution is 5.91. The molecule has 1 saturated heterocycles. The second-order valence-electron chi connectivity index (χ2n) is 4.50. The van der Waals surface area contributed by atoms with E-state index in [-0.39, 0.29) is 5.91 Å². The molecule has 0 aromatic carbocycles. The van der Waals surface area contributed by atoms with Gasteiger partial charge >= 0.3 is 0 Å². The third kappa shape index (κ3) is 4.30. The number of carbonyl (C=O) groups excluding carboxylic acids is 1. The Morgan fingerprint density at radius 3 is 2.95 bits per heavy atom. The van der Waals surface area contributed by atoms with Gasteiger partial charge in [-0.2, -0.15) is 0 Å². The second-order valence-corrected chi connectivity index (χ2v) is 4.50. The summed E-state index contributed by atoms with van der Waals surface area (Å²) in [4.78, 5) is 18.2. The van der Waals surface area contributed by atoms with Crippen molar-refractivity contribution in [2.24, 2.45) is 5.73 Å². The van der Waals surface area contributed by atoms with E-state index in [1.54, 1.807) is 12.5 Å². The summed E-state index contributed by atoms with van der Waals surface area (Å²) in [5.74, 6) is -0.135. The largest absolute Gasteiger partial charge is 0.379 e. The molecule has 7 nitrogen and oxygen atoms in total. The number of hydrogen-bond donors (Lipinski definition) is 2. The number of nitrogens with zero attached hydrogens (tertiary/aromatic N) is 3. The summed E-state index contributed by atoms with van der Waals surface area (Å²) in [6.45, 7) is 6.10. The van der Waals surface area contributed by atoms with Crippen molar-refractivity contribution in [1.29, 1.82) is 0 Å². The Morgan fingerprint density at radius 2 is 2.21 bits per heavy atom.